The number of esters is 1. The van der Waals surface area contributed by atoms with E-state index in [1.807, 2.05) is 18.2 Å². The standard InChI is InChI=1S/C16H23NO4/c1-19-10-9-17-16(15(18)21-3)8-4-5-12-6-7-13(20-2)11-14(12)16/h6-7,11,17H,4-5,8-10H2,1-3H3. The summed E-state index contributed by atoms with van der Waals surface area (Å²) in [5, 5.41) is 3.34. The normalized spacial score (nSPS) is 20.7. The molecule has 0 bridgehead atoms. The molecule has 0 saturated heterocycles. The van der Waals surface area contributed by atoms with E-state index in [0.29, 0.717) is 19.6 Å². The summed E-state index contributed by atoms with van der Waals surface area (Å²) in [7, 11) is 4.70. The highest BCUT2D eigenvalue weighted by Gasteiger charge is 2.44. The second kappa shape index (κ2) is 6.91. The van der Waals surface area contributed by atoms with Gasteiger partial charge in [-0.2, -0.15) is 0 Å². The summed E-state index contributed by atoms with van der Waals surface area (Å²) < 4.78 is 15.5. The Balaban J connectivity index is 2.43. The predicted molar refractivity (Wildman–Crippen MR) is 79.5 cm³/mol. The molecular formula is C16H23NO4. The first-order valence-corrected chi connectivity index (χ1v) is 7.17. The van der Waals surface area contributed by atoms with Gasteiger partial charge >= 0.3 is 5.97 Å². The number of fused-ring (bicyclic) bond motifs is 1. The maximum atomic E-state index is 12.5. The monoisotopic (exact) mass is 293 g/mol. The molecule has 0 radical (unpaired) electrons. The van der Waals surface area contributed by atoms with Crippen molar-refractivity contribution in [1.29, 1.82) is 0 Å². The van der Waals surface area contributed by atoms with Crippen LogP contribution in [0.1, 0.15) is 24.0 Å². The molecule has 21 heavy (non-hydrogen) atoms. The fourth-order valence-electron chi connectivity index (χ4n) is 2.99. The smallest absolute Gasteiger partial charge is 0.330 e. The minimum Gasteiger partial charge on any atom is -0.497 e. The summed E-state index contributed by atoms with van der Waals surface area (Å²) in [6.45, 7) is 1.13. The van der Waals surface area contributed by atoms with Crippen LogP contribution in [0.15, 0.2) is 18.2 Å². The van der Waals surface area contributed by atoms with Crippen molar-refractivity contribution < 1.29 is 19.0 Å². The number of rotatable bonds is 6. The molecule has 2 rings (SSSR count). The van der Waals surface area contributed by atoms with Gasteiger partial charge < -0.3 is 14.2 Å². The molecular weight excluding hydrogens is 270 g/mol. The zero-order chi connectivity index (χ0) is 15.3. The molecule has 0 amide bonds. The van der Waals surface area contributed by atoms with E-state index < -0.39 is 5.54 Å². The van der Waals surface area contributed by atoms with E-state index in [0.717, 1.165) is 29.7 Å². The molecule has 116 valence electrons. The summed E-state index contributed by atoms with van der Waals surface area (Å²) >= 11 is 0. The van der Waals surface area contributed by atoms with Crippen LogP contribution in [0.4, 0.5) is 0 Å². The molecule has 1 aliphatic carbocycles. The lowest BCUT2D eigenvalue weighted by Crippen LogP contribution is -2.52. The van der Waals surface area contributed by atoms with Gasteiger partial charge in [-0.3, -0.25) is 5.32 Å². The second-order valence-electron chi connectivity index (χ2n) is 5.19. The van der Waals surface area contributed by atoms with Crippen LogP contribution < -0.4 is 10.1 Å². The minimum atomic E-state index is -0.810. The zero-order valence-corrected chi connectivity index (χ0v) is 12.9. The maximum absolute atomic E-state index is 12.5. The first kappa shape index (κ1) is 15.8. The predicted octanol–water partition coefficient (Wildman–Crippen LogP) is 1.64. The van der Waals surface area contributed by atoms with Gasteiger partial charge in [-0.05, 0) is 42.5 Å². The zero-order valence-electron chi connectivity index (χ0n) is 12.9. The maximum Gasteiger partial charge on any atom is 0.330 e. The van der Waals surface area contributed by atoms with Crippen LogP contribution in [0.25, 0.3) is 0 Å². The molecule has 1 atom stereocenters. The Morgan fingerprint density at radius 2 is 2.14 bits per heavy atom. The molecule has 1 aromatic rings. The minimum absolute atomic E-state index is 0.257. The molecule has 1 unspecified atom stereocenters. The number of ether oxygens (including phenoxy) is 3. The number of carbonyl (C=O) groups excluding carboxylic acids is 1. The summed E-state index contributed by atoms with van der Waals surface area (Å²) in [4.78, 5) is 12.5. The van der Waals surface area contributed by atoms with Crippen molar-refractivity contribution in [3.8, 4) is 5.75 Å². The lowest BCUT2D eigenvalue weighted by molar-refractivity contribution is -0.150. The largest absolute Gasteiger partial charge is 0.497 e. The molecule has 5 nitrogen and oxygen atoms in total. The molecule has 5 heteroatoms. The third kappa shape index (κ3) is 3.04. The highest BCUT2D eigenvalue weighted by molar-refractivity contribution is 5.83. The van der Waals surface area contributed by atoms with Gasteiger partial charge in [-0.1, -0.05) is 6.07 Å². The molecule has 0 heterocycles. The highest BCUT2D eigenvalue weighted by atomic mass is 16.5. The molecule has 1 aromatic carbocycles. The number of hydrogen-bond donors (Lipinski definition) is 1. The fourth-order valence-corrected chi connectivity index (χ4v) is 2.99. The first-order chi connectivity index (χ1) is 10.2. The van der Waals surface area contributed by atoms with Crippen molar-refractivity contribution in [2.24, 2.45) is 0 Å². The van der Waals surface area contributed by atoms with Crippen LogP contribution >= 0.6 is 0 Å². The molecule has 1 N–H and O–H groups in total. The Labute approximate surface area is 125 Å². The van der Waals surface area contributed by atoms with Crippen LogP contribution in [0.5, 0.6) is 5.75 Å². The molecule has 0 aliphatic heterocycles. The van der Waals surface area contributed by atoms with Gasteiger partial charge in [-0.15, -0.1) is 0 Å². The average molecular weight is 293 g/mol. The van der Waals surface area contributed by atoms with E-state index in [2.05, 4.69) is 5.32 Å². The Morgan fingerprint density at radius 1 is 1.33 bits per heavy atom. The summed E-state index contributed by atoms with van der Waals surface area (Å²) in [5.74, 6) is 0.491. The lowest BCUT2D eigenvalue weighted by Gasteiger charge is -2.37. The first-order valence-electron chi connectivity index (χ1n) is 7.17. The number of benzene rings is 1. The van der Waals surface area contributed by atoms with Gasteiger partial charge in [0, 0.05) is 13.7 Å². The number of methoxy groups -OCH3 is 3. The third-order valence-electron chi connectivity index (χ3n) is 4.04. The number of nitrogens with one attached hydrogen (secondary N) is 1. The van der Waals surface area contributed by atoms with Gasteiger partial charge in [0.1, 0.15) is 11.3 Å². The van der Waals surface area contributed by atoms with Crippen LogP contribution in [-0.4, -0.2) is 40.5 Å². The Bertz CT molecular complexity index is 503. The van der Waals surface area contributed by atoms with Crippen molar-refractivity contribution >= 4 is 5.97 Å². The van der Waals surface area contributed by atoms with Crippen LogP contribution in [-0.2, 0) is 26.2 Å². The Morgan fingerprint density at radius 3 is 2.81 bits per heavy atom. The molecule has 0 saturated carbocycles. The number of aryl methyl sites for hydroxylation is 1. The van der Waals surface area contributed by atoms with Crippen molar-refractivity contribution in [1.82, 2.24) is 5.32 Å². The molecule has 1 aliphatic rings. The fraction of sp³-hybridized carbons (Fsp3) is 0.562. The van der Waals surface area contributed by atoms with Crippen LogP contribution in [0.3, 0.4) is 0 Å². The summed E-state index contributed by atoms with van der Waals surface area (Å²) in [6, 6.07) is 5.90. The second-order valence-corrected chi connectivity index (χ2v) is 5.19. The van der Waals surface area contributed by atoms with Crippen molar-refractivity contribution in [2.75, 3.05) is 34.5 Å². The molecule has 0 aromatic heterocycles. The van der Waals surface area contributed by atoms with Crippen molar-refractivity contribution in [2.45, 2.75) is 24.8 Å². The highest BCUT2D eigenvalue weighted by Crippen LogP contribution is 2.38. The van der Waals surface area contributed by atoms with E-state index in [-0.39, 0.29) is 5.97 Å². The van der Waals surface area contributed by atoms with Gasteiger partial charge in [0.25, 0.3) is 0 Å². The molecule has 0 spiro atoms. The van der Waals surface area contributed by atoms with E-state index >= 15 is 0 Å². The van der Waals surface area contributed by atoms with E-state index in [4.69, 9.17) is 14.2 Å². The van der Waals surface area contributed by atoms with Gasteiger partial charge in [0.15, 0.2) is 0 Å². The topological polar surface area (TPSA) is 56.8 Å². The third-order valence-corrected chi connectivity index (χ3v) is 4.04. The lowest BCUT2D eigenvalue weighted by atomic mass is 9.76. The SMILES string of the molecule is COCCNC1(C(=O)OC)CCCc2ccc(OC)cc21. The number of hydrogen-bond acceptors (Lipinski definition) is 5. The average Bonchev–Trinajstić information content (AvgIpc) is 2.54. The van der Waals surface area contributed by atoms with Crippen molar-refractivity contribution in [3.63, 3.8) is 0 Å². The van der Waals surface area contributed by atoms with E-state index in [1.54, 1.807) is 14.2 Å². The van der Waals surface area contributed by atoms with E-state index in [1.165, 1.54) is 7.11 Å². The summed E-state index contributed by atoms with van der Waals surface area (Å²) in [5.41, 5.74) is 1.31. The van der Waals surface area contributed by atoms with Gasteiger partial charge in [0.2, 0.25) is 0 Å². The summed E-state index contributed by atoms with van der Waals surface area (Å²) in [6.07, 6.45) is 2.61. The van der Waals surface area contributed by atoms with Crippen LogP contribution in [0, 0.1) is 0 Å². The number of carbonyl (C=O) groups is 1. The van der Waals surface area contributed by atoms with Crippen LogP contribution in [0.2, 0.25) is 0 Å². The quantitative estimate of drug-likeness (QED) is 0.638. The van der Waals surface area contributed by atoms with E-state index in [9.17, 15) is 4.79 Å². The van der Waals surface area contributed by atoms with Gasteiger partial charge in [0.05, 0.1) is 20.8 Å². The van der Waals surface area contributed by atoms with Crippen molar-refractivity contribution in [3.05, 3.63) is 29.3 Å². The molecule has 0 fully saturated rings. The van der Waals surface area contributed by atoms with Gasteiger partial charge in [-0.25, -0.2) is 4.79 Å². The Kier molecular flexibility index (Phi) is 5.20. The Hall–Kier alpha value is -1.59.